The van der Waals surface area contributed by atoms with E-state index in [0.29, 0.717) is 18.5 Å². The van der Waals surface area contributed by atoms with Crippen molar-refractivity contribution in [3.8, 4) is 5.75 Å². The van der Waals surface area contributed by atoms with Gasteiger partial charge in [-0.3, -0.25) is 4.90 Å². The van der Waals surface area contributed by atoms with Crippen LogP contribution in [0.1, 0.15) is 37.4 Å². The molecule has 2 rings (SSSR count). The van der Waals surface area contributed by atoms with Crippen LogP contribution < -0.4 is 10.5 Å². The number of benzene rings is 1. The predicted octanol–water partition coefficient (Wildman–Crippen LogP) is 2.60. The molecule has 1 aromatic rings. The van der Waals surface area contributed by atoms with Crippen molar-refractivity contribution >= 4 is 0 Å². The first-order valence-corrected chi connectivity index (χ1v) is 7.31. The number of rotatable bonds is 6. The number of fused-ring (bicyclic) bond motifs is 1. The summed E-state index contributed by atoms with van der Waals surface area (Å²) in [6.45, 7) is 7.09. The highest BCUT2D eigenvalue weighted by molar-refractivity contribution is 5.40. The lowest BCUT2D eigenvalue weighted by Gasteiger charge is -2.29. The Balaban J connectivity index is 2.12. The molecule has 1 heterocycles. The molecule has 0 fully saturated rings. The first-order valence-electron chi connectivity index (χ1n) is 7.31. The topological polar surface area (TPSA) is 38.5 Å². The Hall–Kier alpha value is -1.06. The van der Waals surface area contributed by atoms with Gasteiger partial charge in [-0.15, -0.1) is 0 Å². The number of ether oxygens (including phenoxy) is 1. The monoisotopic (exact) mass is 262 g/mol. The number of hydrogen-bond donors (Lipinski definition) is 1. The van der Waals surface area contributed by atoms with Crippen LogP contribution in [0.5, 0.6) is 5.75 Å². The predicted molar refractivity (Wildman–Crippen MR) is 79.5 cm³/mol. The van der Waals surface area contributed by atoms with E-state index in [9.17, 15) is 0 Å². The molecule has 2 atom stereocenters. The highest BCUT2D eigenvalue weighted by Crippen LogP contribution is 2.29. The second-order valence-corrected chi connectivity index (χ2v) is 5.67. The van der Waals surface area contributed by atoms with E-state index in [1.165, 1.54) is 17.5 Å². The van der Waals surface area contributed by atoms with E-state index >= 15 is 0 Å². The van der Waals surface area contributed by atoms with Crippen LogP contribution in [0, 0.1) is 5.92 Å². The minimum absolute atomic E-state index is 0.305. The van der Waals surface area contributed by atoms with Gasteiger partial charge >= 0.3 is 0 Å². The molecule has 0 aromatic heterocycles. The lowest BCUT2D eigenvalue weighted by atomic mass is 10.00. The average Bonchev–Trinajstić information content (AvgIpc) is 2.86. The fraction of sp³-hybridized carbons (Fsp3) is 0.625. The lowest BCUT2D eigenvalue weighted by molar-refractivity contribution is 0.215. The van der Waals surface area contributed by atoms with Gasteiger partial charge < -0.3 is 10.5 Å². The van der Waals surface area contributed by atoms with Crippen molar-refractivity contribution in [2.75, 3.05) is 26.7 Å². The van der Waals surface area contributed by atoms with Gasteiger partial charge in [-0.25, -0.2) is 0 Å². The molecule has 2 unspecified atom stereocenters. The summed E-state index contributed by atoms with van der Waals surface area (Å²) in [6, 6.07) is 6.83. The van der Waals surface area contributed by atoms with Crippen molar-refractivity contribution in [1.82, 2.24) is 4.90 Å². The smallest absolute Gasteiger partial charge is 0.122 e. The maximum absolute atomic E-state index is 6.00. The van der Waals surface area contributed by atoms with Crippen LogP contribution in [0.15, 0.2) is 18.2 Å². The van der Waals surface area contributed by atoms with Gasteiger partial charge in [0.2, 0.25) is 0 Å². The normalized spacial score (nSPS) is 17.1. The third-order valence-electron chi connectivity index (χ3n) is 4.15. The molecule has 0 amide bonds. The van der Waals surface area contributed by atoms with Crippen LogP contribution >= 0.6 is 0 Å². The van der Waals surface area contributed by atoms with Crippen LogP contribution in [0.3, 0.4) is 0 Å². The number of likely N-dealkylation sites (N-methyl/N-ethyl adjacent to an activating group) is 1. The molecule has 0 saturated carbocycles. The number of nitrogens with zero attached hydrogens (tertiary/aromatic N) is 1. The van der Waals surface area contributed by atoms with Crippen LogP contribution in [-0.2, 0) is 6.42 Å². The summed E-state index contributed by atoms with van der Waals surface area (Å²) >= 11 is 0. The summed E-state index contributed by atoms with van der Waals surface area (Å²) in [5.74, 6) is 1.75. The van der Waals surface area contributed by atoms with Crippen LogP contribution in [0.25, 0.3) is 0 Å². The molecule has 1 aromatic carbocycles. The molecule has 3 nitrogen and oxygen atoms in total. The summed E-state index contributed by atoms with van der Waals surface area (Å²) in [5.41, 5.74) is 8.64. The van der Waals surface area contributed by atoms with Crippen molar-refractivity contribution in [3.05, 3.63) is 29.3 Å². The Morgan fingerprint density at radius 2 is 2.21 bits per heavy atom. The van der Waals surface area contributed by atoms with Gasteiger partial charge in [0.1, 0.15) is 5.75 Å². The molecule has 2 N–H and O–H groups in total. The molecule has 106 valence electrons. The molecule has 19 heavy (non-hydrogen) atoms. The fourth-order valence-electron chi connectivity index (χ4n) is 2.73. The minimum atomic E-state index is 0.305. The first kappa shape index (κ1) is 14.4. The maximum atomic E-state index is 6.00. The van der Waals surface area contributed by atoms with E-state index in [1.807, 2.05) is 0 Å². The Morgan fingerprint density at radius 3 is 2.89 bits per heavy atom. The third-order valence-corrected chi connectivity index (χ3v) is 4.15. The van der Waals surface area contributed by atoms with Crippen molar-refractivity contribution in [1.29, 1.82) is 0 Å². The summed E-state index contributed by atoms with van der Waals surface area (Å²) < 4.78 is 5.56. The zero-order valence-corrected chi connectivity index (χ0v) is 12.4. The third kappa shape index (κ3) is 3.28. The van der Waals surface area contributed by atoms with Crippen molar-refractivity contribution in [2.45, 2.75) is 32.7 Å². The molecule has 0 aliphatic carbocycles. The van der Waals surface area contributed by atoms with Gasteiger partial charge in [-0.2, -0.15) is 0 Å². The van der Waals surface area contributed by atoms with E-state index in [-0.39, 0.29) is 0 Å². The average molecular weight is 262 g/mol. The molecule has 0 saturated heterocycles. The van der Waals surface area contributed by atoms with Gasteiger partial charge in [-0.05, 0) is 30.2 Å². The van der Waals surface area contributed by atoms with Crippen molar-refractivity contribution < 1.29 is 4.74 Å². The highest BCUT2D eigenvalue weighted by atomic mass is 16.5. The number of nitrogens with two attached hydrogens (primary N) is 1. The Morgan fingerprint density at radius 1 is 1.42 bits per heavy atom. The van der Waals surface area contributed by atoms with E-state index < -0.39 is 0 Å². The van der Waals surface area contributed by atoms with E-state index in [2.05, 4.69) is 44.0 Å². The molecule has 0 spiro atoms. The van der Waals surface area contributed by atoms with Gasteiger partial charge in [0.15, 0.2) is 0 Å². The molecule has 0 bridgehead atoms. The Kier molecular flexibility index (Phi) is 4.83. The van der Waals surface area contributed by atoms with Crippen LogP contribution in [-0.4, -0.2) is 31.6 Å². The zero-order valence-electron chi connectivity index (χ0n) is 12.4. The Labute approximate surface area is 116 Å². The largest absolute Gasteiger partial charge is 0.493 e. The second-order valence-electron chi connectivity index (χ2n) is 5.67. The minimum Gasteiger partial charge on any atom is -0.493 e. The standard InChI is InChI=1S/C16H26N2O/c1-4-12(2)11-18(3)15(10-17)13-5-6-16-14(9-13)7-8-19-16/h5-6,9,12,15H,4,7-8,10-11,17H2,1-3H3. The van der Waals surface area contributed by atoms with Gasteiger partial charge in [0, 0.05) is 25.6 Å². The van der Waals surface area contributed by atoms with Gasteiger partial charge in [-0.1, -0.05) is 32.4 Å². The summed E-state index contributed by atoms with van der Waals surface area (Å²) in [7, 11) is 2.17. The molecule has 0 radical (unpaired) electrons. The molecular weight excluding hydrogens is 236 g/mol. The lowest BCUT2D eigenvalue weighted by Crippen LogP contribution is -2.33. The fourth-order valence-corrected chi connectivity index (χ4v) is 2.73. The molecule has 3 heteroatoms. The van der Waals surface area contributed by atoms with Crippen molar-refractivity contribution in [2.24, 2.45) is 11.7 Å². The highest BCUT2D eigenvalue weighted by Gasteiger charge is 2.20. The Bertz CT molecular complexity index is 419. The maximum Gasteiger partial charge on any atom is 0.122 e. The van der Waals surface area contributed by atoms with Crippen LogP contribution in [0.4, 0.5) is 0 Å². The molecular formula is C16H26N2O. The number of hydrogen-bond acceptors (Lipinski definition) is 3. The van der Waals surface area contributed by atoms with Gasteiger partial charge in [0.05, 0.1) is 6.61 Å². The summed E-state index contributed by atoms with van der Waals surface area (Å²) in [5, 5.41) is 0. The van der Waals surface area contributed by atoms with Gasteiger partial charge in [0.25, 0.3) is 0 Å². The molecule has 1 aliphatic rings. The van der Waals surface area contributed by atoms with E-state index in [4.69, 9.17) is 10.5 Å². The van der Waals surface area contributed by atoms with Crippen LogP contribution in [0.2, 0.25) is 0 Å². The van der Waals surface area contributed by atoms with E-state index in [1.54, 1.807) is 0 Å². The zero-order chi connectivity index (χ0) is 13.8. The molecule has 1 aliphatic heterocycles. The summed E-state index contributed by atoms with van der Waals surface area (Å²) in [4.78, 5) is 2.38. The van der Waals surface area contributed by atoms with Crippen molar-refractivity contribution in [3.63, 3.8) is 0 Å². The quantitative estimate of drug-likeness (QED) is 0.856. The summed E-state index contributed by atoms with van der Waals surface area (Å²) in [6.07, 6.45) is 2.23. The van der Waals surface area contributed by atoms with E-state index in [0.717, 1.165) is 25.3 Å². The first-order chi connectivity index (χ1) is 9.15. The SMILES string of the molecule is CCC(C)CN(C)C(CN)c1ccc2c(c1)CCO2. The second kappa shape index (κ2) is 6.40.